The molecular weight excluding hydrogens is 433 g/mol. The molecule has 2 atom stereocenters. The van der Waals surface area contributed by atoms with Gasteiger partial charge >= 0.3 is 5.97 Å². The van der Waals surface area contributed by atoms with Gasteiger partial charge in [-0.25, -0.2) is 18.0 Å². The van der Waals surface area contributed by atoms with E-state index in [2.05, 4.69) is 5.32 Å². The summed E-state index contributed by atoms with van der Waals surface area (Å²) in [5, 5.41) is 13.4. The summed E-state index contributed by atoms with van der Waals surface area (Å²) >= 11 is 0. The van der Waals surface area contributed by atoms with Crippen LogP contribution < -0.4 is 5.32 Å². The molecule has 2 aromatic carbocycles. The van der Waals surface area contributed by atoms with E-state index >= 15 is 0 Å². The Morgan fingerprint density at radius 2 is 1.94 bits per heavy atom. The first-order valence-corrected chi connectivity index (χ1v) is 11.1. The number of carboxylic acid groups (broad SMARTS) is 1. The second-order valence-electron chi connectivity index (χ2n) is 8.47. The number of carbonyl (C=O) groups is 2. The van der Waals surface area contributed by atoms with Crippen molar-refractivity contribution in [2.75, 3.05) is 0 Å². The Hall–Kier alpha value is -3.29. The molecule has 4 rings (SSSR count). The molecule has 1 unspecified atom stereocenters. The molecular formula is C25H25F3N2O3. The number of rotatable bonds is 7. The van der Waals surface area contributed by atoms with Gasteiger partial charge in [-0.15, -0.1) is 0 Å². The van der Waals surface area contributed by atoms with E-state index in [9.17, 15) is 27.9 Å². The molecule has 174 valence electrons. The third kappa shape index (κ3) is 4.60. The first kappa shape index (κ1) is 22.9. The lowest BCUT2D eigenvalue weighted by molar-refractivity contribution is -0.141. The lowest BCUT2D eigenvalue weighted by atomic mass is 9.91. The molecule has 0 radical (unpaired) electrons. The number of aliphatic carboxylic acids is 1. The Bertz CT molecular complexity index is 1220. The average molecular weight is 458 g/mol. The van der Waals surface area contributed by atoms with Crippen LogP contribution in [0.3, 0.4) is 0 Å². The lowest BCUT2D eigenvalue weighted by Crippen LogP contribution is -2.39. The van der Waals surface area contributed by atoms with Gasteiger partial charge in [0.25, 0.3) is 0 Å². The average Bonchev–Trinajstić information content (AvgIpc) is 3.08. The number of benzene rings is 2. The van der Waals surface area contributed by atoms with Gasteiger partial charge in [0.15, 0.2) is 11.6 Å². The Balaban J connectivity index is 1.52. The van der Waals surface area contributed by atoms with Gasteiger partial charge in [-0.05, 0) is 73.6 Å². The first-order valence-electron chi connectivity index (χ1n) is 11.1. The van der Waals surface area contributed by atoms with E-state index in [1.54, 1.807) is 17.6 Å². The van der Waals surface area contributed by atoms with Gasteiger partial charge in [0.2, 0.25) is 5.91 Å². The smallest absolute Gasteiger partial charge is 0.326 e. The van der Waals surface area contributed by atoms with Crippen molar-refractivity contribution in [3.05, 3.63) is 70.7 Å². The molecule has 1 aliphatic carbocycles. The Labute approximate surface area is 189 Å². The lowest BCUT2D eigenvalue weighted by Gasteiger charge is -2.26. The Morgan fingerprint density at radius 1 is 1.15 bits per heavy atom. The van der Waals surface area contributed by atoms with Crippen molar-refractivity contribution in [1.29, 1.82) is 0 Å². The van der Waals surface area contributed by atoms with E-state index in [0.29, 0.717) is 42.1 Å². The first-order chi connectivity index (χ1) is 15.8. The Morgan fingerprint density at radius 3 is 2.64 bits per heavy atom. The fraction of sp³-hybridized carbons (Fsp3) is 0.360. The van der Waals surface area contributed by atoms with E-state index in [0.717, 1.165) is 23.4 Å². The molecule has 0 spiro atoms. The highest BCUT2D eigenvalue weighted by Gasteiger charge is 2.30. The maximum atomic E-state index is 14.0. The zero-order valence-corrected chi connectivity index (χ0v) is 18.2. The molecule has 0 fully saturated rings. The zero-order valence-electron chi connectivity index (χ0n) is 18.2. The van der Waals surface area contributed by atoms with E-state index in [1.807, 2.05) is 0 Å². The van der Waals surface area contributed by atoms with Gasteiger partial charge in [0.05, 0.1) is 0 Å². The van der Waals surface area contributed by atoms with Crippen LogP contribution >= 0.6 is 0 Å². The number of hydrogen-bond acceptors (Lipinski definition) is 2. The van der Waals surface area contributed by atoms with Crippen LogP contribution in [0.4, 0.5) is 13.2 Å². The fourth-order valence-corrected chi connectivity index (χ4v) is 4.76. The van der Waals surface area contributed by atoms with E-state index < -0.39 is 29.5 Å². The van der Waals surface area contributed by atoms with Crippen LogP contribution in [0, 0.1) is 17.5 Å². The number of nitrogens with zero attached hydrogens (tertiary/aromatic N) is 1. The molecule has 0 bridgehead atoms. The van der Waals surface area contributed by atoms with Gasteiger partial charge in [-0.1, -0.05) is 13.0 Å². The van der Waals surface area contributed by atoms with Crippen LogP contribution in [0.1, 0.15) is 49.0 Å². The van der Waals surface area contributed by atoms with Gasteiger partial charge in [0.1, 0.15) is 11.9 Å². The molecule has 5 nitrogen and oxygen atoms in total. The fourth-order valence-electron chi connectivity index (χ4n) is 4.76. The molecule has 2 N–H and O–H groups in total. The molecule has 3 aromatic rings. The zero-order chi connectivity index (χ0) is 23.7. The van der Waals surface area contributed by atoms with E-state index in [1.165, 1.54) is 18.2 Å². The molecule has 1 heterocycles. The molecule has 8 heteroatoms. The second-order valence-corrected chi connectivity index (χ2v) is 8.47. The summed E-state index contributed by atoms with van der Waals surface area (Å²) in [5.74, 6) is -3.41. The quantitative estimate of drug-likeness (QED) is 0.539. The van der Waals surface area contributed by atoms with Crippen molar-refractivity contribution in [3.8, 4) is 0 Å². The maximum absolute atomic E-state index is 14.0. The summed E-state index contributed by atoms with van der Waals surface area (Å²) in [7, 11) is 0. The molecule has 1 aliphatic rings. The minimum atomic E-state index is -0.942. The highest BCUT2D eigenvalue weighted by Crippen LogP contribution is 2.36. The number of hydrogen-bond donors (Lipinski definition) is 2. The Kier molecular flexibility index (Phi) is 6.44. The van der Waals surface area contributed by atoms with Crippen LogP contribution in [0.25, 0.3) is 10.9 Å². The molecule has 1 aromatic heterocycles. The van der Waals surface area contributed by atoms with Gasteiger partial charge in [-0.2, -0.15) is 0 Å². The number of halogens is 3. The SMILES string of the molecule is CCC(C(=O)O)n1c2c(c3cc(F)ccc31)C[C@@H](NC(=O)CCc1ccc(F)c(F)c1)CC2. The van der Waals surface area contributed by atoms with E-state index in [-0.39, 0.29) is 24.8 Å². The number of aromatic nitrogens is 1. The highest BCUT2D eigenvalue weighted by atomic mass is 19.2. The van der Waals surface area contributed by atoms with Crippen LogP contribution in [0.15, 0.2) is 36.4 Å². The monoisotopic (exact) mass is 458 g/mol. The van der Waals surface area contributed by atoms with Gasteiger partial charge in [0, 0.05) is 29.1 Å². The predicted molar refractivity (Wildman–Crippen MR) is 117 cm³/mol. The molecule has 1 amide bonds. The molecule has 0 saturated carbocycles. The topological polar surface area (TPSA) is 71.3 Å². The van der Waals surface area contributed by atoms with Crippen LogP contribution in [-0.2, 0) is 28.9 Å². The van der Waals surface area contributed by atoms with Crippen LogP contribution in [0.5, 0.6) is 0 Å². The summed E-state index contributed by atoms with van der Waals surface area (Å²) < 4.78 is 42.3. The van der Waals surface area contributed by atoms with Crippen molar-refractivity contribution in [3.63, 3.8) is 0 Å². The minimum absolute atomic E-state index is 0.127. The van der Waals surface area contributed by atoms with Crippen molar-refractivity contribution in [2.24, 2.45) is 0 Å². The molecule has 33 heavy (non-hydrogen) atoms. The van der Waals surface area contributed by atoms with Crippen molar-refractivity contribution in [2.45, 2.75) is 57.5 Å². The number of nitrogens with one attached hydrogen (secondary N) is 1. The van der Waals surface area contributed by atoms with Crippen molar-refractivity contribution in [1.82, 2.24) is 9.88 Å². The molecule has 0 aliphatic heterocycles. The summed E-state index contributed by atoms with van der Waals surface area (Å²) in [4.78, 5) is 24.4. The second kappa shape index (κ2) is 9.29. The standard InChI is InChI=1S/C25H25F3N2O3/c1-2-21(25(32)33)30-22-8-5-15(26)12-17(22)18-13-16(6-9-23(18)30)29-24(31)10-4-14-3-7-19(27)20(28)11-14/h3,5,7-8,11-12,16,21H,2,4,6,9-10,13H2,1H3,(H,29,31)(H,32,33)/t16-,21?/m0/s1. The van der Waals surface area contributed by atoms with Crippen molar-refractivity contribution >= 4 is 22.8 Å². The summed E-state index contributed by atoms with van der Waals surface area (Å²) in [5.41, 5.74) is 2.95. The molecule has 0 saturated heterocycles. The van der Waals surface area contributed by atoms with Crippen LogP contribution in [-0.4, -0.2) is 27.6 Å². The third-order valence-electron chi connectivity index (χ3n) is 6.34. The predicted octanol–water partition coefficient (Wildman–Crippen LogP) is 4.70. The normalized spacial score (nSPS) is 16.4. The van der Waals surface area contributed by atoms with E-state index in [4.69, 9.17) is 0 Å². The highest BCUT2D eigenvalue weighted by molar-refractivity contribution is 5.88. The minimum Gasteiger partial charge on any atom is -0.480 e. The number of carboxylic acids is 1. The third-order valence-corrected chi connectivity index (χ3v) is 6.34. The van der Waals surface area contributed by atoms with Crippen molar-refractivity contribution < 1.29 is 27.9 Å². The summed E-state index contributed by atoms with van der Waals surface area (Å²) in [6, 6.07) is 7.03. The maximum Gasteiger partial charge on any atom is 0.326 e. The van der Waals surface area contributed by atoms with Crippen LogP contribution in [0.2, 0.25) is 0 Å². The number of aryl methyl sites for hydroxylation is 1. The number of amides is 1. The summed E-state index contributed by atoms with van der Waals surface area (Å²) in [6.45, 7) is 1.80. The number of fused-ring (bicyclic) bond motifs is 3. The van der Waals surface area contributed by atoms with Gasteiger partial charge in [-0.3, -0.25) is 4.79 Å². The summed E-state index contributed by atoms with van der Waals surface area (Å²) in [6.07, 6.45) is 2.45. The number of carbonyl (C=O) groups excluding carboxylic acids is 1. The largest absolute Gasteiger partial charge is 0.480 e. The van der Waals surface area contributed by atoms with Gasteiger partial charge < -0.3 is 15.0 Å².